The average molecular weight is 588 g/mol. The van der Waals surface area contributed by atoms with Crippen molar-refractivity contribution in [3.63, 3.8) is 0 Å². The van der Waals surface area contributed by atoms with E-state index in [9.17, 15) is 14.7 Å². The lowest BCUT2D eigenvalue weighted by Gasteiger charge is -2.37. The molecule has 42 heavy (non-hydrogen) atoms. The Morgan fingerprint density at radius 2 is 1.79 bits per heavy atom. The predicted octanol–water partition coefficient (Wildman–Crippen LogP) is 6.60. The van der Waals surface area contributed by atoms with Crippen molar-refractivity contribution in [3.8, 4) is 17.2 Å². The van der Waals surface area contributed by atoms with Gasteiger partial charge in [-0.25, -0.2) is 4.79 Å². The highest BCUT2D eigenvalue weighted by Crippen LogP contribution is 2.48. The van der Waals surface area contributed by atoms with E-state index in [1.807, 2.05) is 61.5 Å². The zero-order valence-electron chi connectivity index (χ0n) is 23.9. The number of esters is 1. The SMILES string of the molecule is CCOc1cc(C2C(C(=O)OCCc3ccccc3)=C(C)NC3=C2C(=O)CC(c2ccc(OC)cc2)C3)cc(Cl)c1O. The van der Waals surface area contributed by atoms with Crippen LogP contribution in [0.2, 0.25) is 5.02 Å². The van der Waals surface area contributed by atoms with Crippen LogP contribution in [-0.4, -0.2) is 37.2 Å². The molecule has 0 bridgehead atoms. The van der Waals surface area contributed by atoms with Crippen molar-refractivity contribution in [2.45, 2.75) is 44.9 Å². The lowest BCUT2D eigenvalue weighted by atomic mass is 9.71. The Hall–Kier alpha value is -4.23. The van der Waals surface area contributed by atoms with Crippen LogP contribution in [0.5, 0.6) is 17.2 Å². The van der Waals surface area contributed by atoms with Crippen molar-refractivity contribution < 1.29 is 28.9 Å². The first-order valence-corrected chi connectivity index (χ1v) is 14.4. The third-order valence-corrected chi connectivity index (χ3v) is 8.07. The van der Waals surface area contributed by atoms with E-state index in [2.05, 4.69) is 5.32 Å². The first kappa shape index (κ1) is 29.3. The molecule has 1 aliphatic heterocycles. The zero-order valence-corrected chi connectivity index (χ0v) is 24.7. The Morgan fingerprint density at radius 3 is 2.48 bits per heavy atom. The van der Waals surface area contributed by atoms with Gasteiger partial charge in [-0.1, -0.05) is 54.1 Å². The van der Waals surface area contributed by atoms with Crippen LogP contribution < -0.4 is 14.8 Å². The maximum absolute atomic E-state index is 13.9. The van der Waals surface area contributed by atoms with E-state index in [0.717, 1.165) is 22.6 Å². The number of hydrogen-bond donors (Lipinski definition) is 2. The first-order chi connectivity index (χ1) is 20.3. The molecule has 0 fully saturated rings. The van der Waals surface area contributed by atoms with E-state index in [-0.39, 0.29) is 41.3 Å². The number of carbonyl (C=O) groups is 2. The summed E-state index contributed by atoms with van der Waals surface area (Å²) in [5.74, 6) is -0.613. The largest absolute Gasteiger partial charge is 0.503 e. The summed E-state index contributed by atoms with van der Waals surface area (Å²) in [7, 11) is 1.62. The van der Waals surface area contributed by atoms with Crippen molar-refractivity contribution in [1.82, 2.24) is 5.32 Å². The van der Waals surface area contributed by atoms with Crippen molar-refractivity contribution in [2.75, 3.05) is 20.3 Å². The van der Waals surface area contributed by atoms with Gasteiger partial charge in [0.25, 0.3) is 0 Å². The standard InChI is InChI=1S/C34H34ClNO6/c1-4-41-29-19-24(16-26(35)33(29)38)31-30(34(39)42-15-14-21-8-6-5-7-9-21)20(2)36-27-17-23(18-28(37)32(27)31)22-10-12-25(40-3)13-11-22/h5-13,16,19,23,31,36,38H,4,14-15,17-18H2,1-3H3. The Morgan fingerprint density at radius 1 is 1.05 bits per heavy atom. The highest BCUT2D eigenvalue weighted by molar-refractivity contribution is 6.32. The minimum Gasteiger partial charge on any atom is -0.503 e. The van der Waals surface area contributed by atoms with Gasteiger partial charge in [-0.2, -0.15) is 0 Å². The quantitative estimate of drug-likeness (QED) is 0.272. The molecule has 0 saturated heterocycles. The molecule has 218 valence electrons. The van der Waals surface area contributed by atoms with Crippen LogP contribution in [0.4, 0.5) is 0 Å². The second-order valence-electron chi connectivity index (χ2n) is 10.4. The summed E-state index contributed by atoms with van der Waals surface area (Å²) in [6.45, 7) is 4.11. The third kappa shape index (κ3) is 6.02. The van der Waals surface area contributed by atoms with E-state index in [1.165, 1.54) is 0 Å². The molecular formula is C34H34ClNO6. The van der Waals surface area contributed by atoms with Crippen LogP contribution in [-0.2, 0) is 20.7 Å². The molecule has 1 aliphatic carbocycles. The molecule has 0 aromatic heterocycles. The number of benzene rings is 3. The number of Topliss-reactive ketones (excluding diaryl/α,β-unsaturated/α-hetero) is 1. The monoisotopic (exact) mass is 587 g/mol. The fourth-order valence-corrected chi connectivity index (χ4v) is 5.98. The summed E-state index contributed by atoms with van der Waals surface area (Å²) < 4.78 is 16.7. The molecule has 0 amide bonds. The third-order valence-electron chi connectivity index (χ3n) is 7.79. The van der Waals surface area contributed by atoms with E-state index >= 15 is 0 Å². The molecule has 8 heteroatoms. The smallest absolute Gasteiger partial charge is 0.336 e. The van der Waals surface area contributed by atoms with Crippen LogP contribution in [0.25, 0.3) is 0 Å². The number of phenolic OH excluding ortho intramolecular Hbond substituents is 1. The van der Waals surface area contributed by atoms with Gasteiger partial charge in [-0.3, -0.25) is 4.79 Å². The summed E-state index contributed by atoms with van der Waals surface area (Å²) in [6, 6.07) is 20.8. The van der Waals surface area contributed by atoms with Gasteiger partial charge in [0.15, 0.2) is 17.3 Å². The van der Waals surface area contributed by atoms with Gasteiger partial charge in [-0.05, 0) is 67.1 Å². The Bertz CT molecular complexity index is 1540. The van der Waals surface area contributed by atoms with Gasteiger partial charge in [0.05, 0.1) is 30.9 Å². The van der Waals surface area contributed by atoms with Crippen LogP contribution in [0.15, 0.2) is 89.3 Å². The number of carbonyl (C=O) groups excluding carboxylic acids is 2. The summed E-state index contributed by atoms with van der Waals surface area (Å²) >= 11 is 6.44. The first-order valence-electron chi connectivity index (χ1n) is 14.0. The second-order valence-corrected chi connectivity index (χ2v) is 10.9. The van der Waals surface area contributed by atoms with Crippen molar-refractivity contribution >= 4 is 23.4 Å². The summed E-state index contributed by atoms with van der Waals surface area (Å²) in [5.41, 5.74) is 4.87. The fraction of sp³-hybridized carbons (Fsp3) is 0.294. The molecule has 2 atom stereocenters. The molecule has 7 nitrogen and oxygen atoms in total. The fourth-order valence-electron chi connectivity index (χ4n) is 5.76. The molecule has 3 aromatic rings. The van der Waals surface area contributed by atoms with Crippen LogP contribution >= 0.6 is 11.6 Å². The number of hydrogen-bond acceptors (Lipinski definition) is 7. The van der Waals surface area contributed by atoms with Gasteiger partial charge < -0.3 is 24.6 Å². The Balaban J connectivity index is 1.52. The van der Waals surface area contributed by atoms with Crippen LogP contribution in [0.3, 0.4) is 0 Å². The lowest BCUT2D eigenvalue weighted by molar-refractivity contribution is -0.139. The lowest BCUT2D eigenvalue weighted by Crippen LogP contribution is -2.36. The highest BCUT2D eigenvalue weighted by atomic mass is 35.5. The molecule has 5 rings (SSSR count). The molecular weight excluding hydrogens is 554 g/mol. The van der Waals surface area contributed by atoms with E-state index in [0.29, 0.717) is 41.9 Å². The number of ketones is 1. The van der Waals surface area contributed by atoms with Gasteiger partial charge in [0.1, 0.15) is 5.75 Å². The number of dihydropyridines is 1. The number of nitrogens with one attached hydrogen (secondary N) is 1. The summed E-state index contributed by atoms with van der Waals surface area (Å²) in [5, 5.41) is 14.0. The van der Waals surface area contributed by atoms with Gasteiger partial charge in [-0.15, -0.1) is 0 Å². The van der Waals surface area contributed by atoms with Gasteiger partial charge in [0.2, 0.25) is 0 Å². The van der Waals surface area contributed by atoms with Crippen LogP contribution in [0, 0.1) is 0 Å². The van der Waals surface area contributed by atoms with Crippen molar-refractivity contribution in [3.05, 3.63) is 111 Å². The molecule has 1 heterocycles. The minimum absolute atomic E-state index is 0.0372. The van der Waals surface area contributed by atoms with E-state index < -0.39 is 11.9 Å². The number of allylic oxidation sites excluding steroid dienone is 3. The van der Waals surface area contributed by atoms with E-state index in [1.54, 1.807) is 26.2 Å². The molecule has 2 unspecified atom stereocenters. The minimum atomic E-state index is -0.743. The Labute approximate surface area is 250 Å². The molecule has 2 N–H and O–H groups in total. The molecule has 0 spiro atoms. The number of methoxy groups -OCH3 is 1. The van der Waals surface area contributed by atoms with Crippen molar-refractivity contribution in [1.29, 1.82) is 0 Å². The summed E-state index contributed by atoms with van der Waals surface area (Å²) in [4.78, 5) is 27.6. The van der Waals surface area contributed by atoms with Crippen molar-refractivity contribution in [2.24, 2.45) is 0 Å². The van der Waals surface area contributed by atoms with Gasteiger partial charge >= 0.3 is 5.97 Å². The topological polar surface area (TPSA) is 94.1 Å². The van der Waals surface area contributed by atoms with Crippen LogP contribution in [0.1, 0.15) is 55.2 Å². The maximum Gasteiger partial charge on any atom is 0.336 e. The summed E-state index contributed by atoms with van der Waals surface area (Å²) in [6.07, 6.45) is 1.43. The Kier molecular flexibility index (Phi) is 8.88. The predicted molar refractivity (Wildman–Crippen MR) is 161 cm³/mol. The average Bonchev–Trinajstić information content (AvgIpc) is 2.99. The van der Waals surface area contributed by atoms with Gasteiger partial charge in [0, 0.05) is 35.7 Å². The second kappa shape index (κ2) is 12.7. The highest BCUT2D eigenvalue weighted by Gasteiger charge is 2.42. The zero-order chi connectivity index (χ0) is 29.8. The number of rotatable bonds is 9. The number of ether oxygens (including phenoxy) is 3. The molecule has 3 aromatic carbocycles. The number of phenols is 1. The molecule has 0 radical (unpaired) electrons. The van der Waals surface area contributed by atoms with E-state index in [4.69, 9.17) is 25.8 Å². The molecule has 2 aliphatic rings. The molecule has 0 saturated carbocycles. The number of aromatic hydroxyl groups is 1. The normalized spacial score (nSPS) is 18.3. The number of halogens is 1. The maximum atomic E-state index is 13.9.